The summed E-state index contributed by atoms with van der Waals surface area (Å²) in [5, 5.41) is 13.5. The first-order valence-corrected chi connectivity index (χ1v) is 15.0. The van der Waals surface area contributed by atoms with Crippen molar-refractivity contribution < 1.29 is 18.3 Å². The number of fused-ring (bicyclic) bond motifs is 3. The highest BCUT2D eigenvalue weighted by Crippen LogP contribution is 2.36. The lowest BCUT2D eigenvalue weighted by Gasteiger charge is -2.08. The molecule has 12 heteroatoms. The fourth-order valence-corrected chi connectivity index (χ4v) is 6.80. The molecule has 0 aliphatic rings. The fourth-order valence-electron chi connectivity index (χ4n) is 4.25. The van der Waals surface area contributed by atoms with Crippen molar-refractivity contribution in [1.82, 2.24) is 20.2 Å². The number of thiophene rings is 1. The molecular weight excluding hydrogens is 582 g/mol. The summed E-state index contributed by atoms with van der Waals surface area (Å²) in [6.07, 6.45) is 1.70. The van der Waals surface area contributed by atoms with Crippen LogP contribution in [0.2, 0.25) is 0 Å². The van der Waals surface area contributed by atoms with Crippen LogP contribution < -0.4 is 10.1 Å². The highest BCUT2D eigenvalue weighted by Gasteiger charge is 2.14. The largest absolute Gasteiger partial charge is 0.483 e. The van der Waals surface area contributed by atoms with E-state index in [0.717, 1.165) is 28.2 Å². The van der Waals surface area contributed by atoms with Gasteiger partial charge in [-0.25, -0.2) is 9.37 Å². The summed E-state index contributed by atoms with van der Waals surface area (Å²) < 4.78 is 27.0. The van der Waals surface area contributed by atoms with Gasteiger partial charge in [-0.05, 0) is 59.5 Å². The van der Waals surface area contributed by atoms with E-state index in [1.165, 1.54) is 38.4 Å². The number of ether oxygens (including phenoxy) is 1. The molecule has 7 rings (SSSR count). The Bertz CT molecular complexity index is 2020. The zero-order valence-electron chi connectivity index (χ0n) is 21.0. The Balaban J connectivity index is 0.997. The van der Waals surface area contributed by atoms with Crippen molar-refractivity contribution in [2.45, 2.75) is 11.8 Å². The third-order valence-electron chi connectivity index (χ3n) is 6.13. The van der Waals surface area contributed by atoms with Crippen LogP contribution in [0.3, 0.4) is 0 Å². The van der Waals surface area contributed by atoms with Gasteiger partial charge in [0.05, 0.1) is 21.5 Å². The number of thiazole rings is 1. The van der Waals surface area contributed by atoms with Gasteiger partial charge in [0.1, 0.15) is 11.6 Å². The summed E-state index contributed by atoms with van der Waals surface area (Å²) in [6, 6.07) is 22.8. The lowest BCUT2D eigenvalue weighted by atomic mass is 10.1. The molecule has 4 aromatic heterocycles. The van der Waals surface area contributed by atoms with Gasteiger partial charge < -0.3 is 14.5 Å². The van der Waals surface area contributed by atoms with Crippen LogP contribution in [0.4, 0.5) is 9.52 Å². The van der Waals surface area contributed by atoms with E-state index in [9.17, 15) is 9.18 Å². The summed E-state index contributed by atoms with van der Waals surface area (Å²) in [5.74, 6) is 0.345. The van der Waals surface area contributed by atoms with E-state index in [0.29, 0.717) is 21.1 Å². The predicted molar refractivity (Wildman–Crippen MR) is 160 cm³/mol. The summed E-state index contributed by atoms with van der Waals surface area (Å²) in [7, 11) is 0. The van der Waals surface area contributed by atoms with E-state index in [1.807, 2.05) is 24.3 Å². The van der Waals surface area contributed by atoms with E-state index < -0.39 is 0 Å². The van der Waals surface area contributed by atoms with Crippen LogP contribution >= 0.6 is 34.4 Å². The first-order chi connectivity index (χ1) is 20.1. The maximum atomic E-state index is 13.4. The standard InChI is InChI=1S/C29H18FN5O3S3/c30-18-6-8-21-25(13-18)41-28(32-21)33-26(36)15-39-29-35-34-27(38-29)14-37-22-9-10-31-20-7-5-17(11-19(20)22)24-12-16-3-1-2-4-23(16)40-24/h1-13H,14-15H2,(H,32,33,36). The molecule has 202 valence electrons. The minimum atomic E-state index is -0.347. The lowest BCUT2D eigenvalue weighted by molar-refractivity contribution is -0.113. The van der Waals surface area contributed by atoms with Gasteiger partial charge in [0.2, 0.25) is 5.91 Å². The van der Waals surface area contributed by atoms with E-state index in [2.05, 4.69) is 55.8 Å². The molecule has 0 saturated carbocycles. The minimum Gasteiger partial charge on any atom is -0.483 e. The van der Waals surface area contributed by atoms with Crippen molar-refractivity contribution in [2.24, 2.45) is 0 Å². The highest BCUT2D eigenvalue weighted by molar-refractivity contribution is 7.99. The molecule has 0 unspecified atom stereocenters. The normalized spacial score (nSPS) is 11.4. The number of carbonyl (C=O) groups excluding carboxylic acids is 1. The number of thioether (sulfide) groups is 1. The number of rotatable bonds is 8. The van der Waals surface area contributed by atoms with Crippen LogP contribution in [0, 0.1) is 5.82 Å². The molecule has 3 aromatic carbocycles. The number of anilines is 1. The lowest BCUT2D eigenvalue weighted by Crippen LogP contribution is -2.13. The first kappa shape index (κ1) is 25.6. The molecule has 0 spiro atoms. The Morgan fingerprint density at radius 2 is 1.88 bits per heavy atom. The smallest absolute Gasteiger partial charge is 0.277 e. The predicted octanol–water partition coefficient (Wildman–Crippen LogP) is 7.56. The summed E-state index contributed by atoms with van der Waals surface area (Å²) >= 11 is 4.05. The second kappa shape index (κ2) is 10.9. The summed E-state index contributed by atoms with van der Waals surface area (Å²) in [5.41, 5.74) is 2.53. The van der Waals surface area contributed by atoms with Crippen LogP contribution in [0.15, 0.2) is 88.6 Å². The number of hydrogen-bond donors (Lipinski definition) is 1. The Morgan fingerprint density at radius 1 is 0.976 bits per heavy atom. The fraction of sp³-hybridized carbons (Fsp3) is 0.0690. The Labute approximate surface area is 244 Å². The van der Waals surface area contributed by atoms with Gasteiger partial charge in [-0.3, -0.25) is 9.78 Å². The number of amides is 1. The average molecular weight is 600 g/mol. The number of nitrogens with one attached hydrogen (secondary N) is 1. The van der Waals surface area contributed by atoms with Crippen molar-refractivity contribution in [1.29, 1.82) is 0 Å². The van der Waals surface area contributed by atoms with Crippen molar-refractivity contribution in [3.05, 3.63) is 90.7 Å². The number of aromatic nitrogens is 4. The van der Waals surface area contributed by atoms with Crippen molar-refractivity contribution in [2.75, 3.05) is 11.1 Å². The number of hydrogen-bond acceptors (Lipinski definition) is 10. The van der Waals surface area contributed by atoms with Crippen LogP contribution in [0.5, 0.6) is 5.75 Å². The van der Waals surface area contributed by atoms with Gasteiger partial charge in [0.25, 0.3) is 11.1 Å². The molecule has 7 aromatic rings. The quantitative estimate of drug-likeness (QED) is 0.179. The SMILES string of the molecule is O=C(CSc1nnc(COc2ccnc3ccc(-c4cc5ccccc5s4)cc23)o1)Nc1nc2ccc(F)cc2s1. The molecule has 8 nitrogen and oxygen atoms in total. The Kier molecular flexibility index (Phi) is 6.79. The second-order valence-electron chi connectivity index (χ2n) is 8.91. The van der Waals surface area contributed by atoms with Crippen LogP contribution in [0.1, 0.15) is 5.89 Å². The molecule has 4 heterocycles. The van der Waals surface area contributed by atoms with Gasteiger partial charge >= 0.3 is 0 Å². The molecule has 0 radical (unpaired) electrons. The average Bonchev–Trinajstić information content (AvgIpc) is 3.72. The van der Waals surface area contributed by atoms with Gasteiger partial charge in [-0.15, -0.1) is 21.5 Å². The number of nitrogens with zero attached hydrogens (tertiary/aromatic N) is 4. The van der Waals surface area contributed by atoms with E-state index in [1.54, 1.807) is 23.6 Å². The highest BCUT2D eigenvalue weighted by atomic mass is 32.2. The maximum Gasteiger partial charge on any atom is 0.277 e. The van der Waals surface area contributed by atoms with Gasteiger partial charge in [-0.1, -0.05) is 47.4 Å². The first-order valence-electron chi connectivity index (χ1n) is 12.4. The Hall–Kier alpha value is -4.39. The Morgan fingerprint density at radius 3 is 2.80 bits per heavy atom. The molecule has 1 amide bonds. The zero-order valence-corrected chi connectivity index (χ0v) is 23.5. The molecule has 0 atom stereocenters. The second-order valence-corrected chi connectivity index (χ2v) is 11.9. The topological polar surface area (TPSA) is 103 Å². The maximum absolute atomic E-state index is 13.4. The van der Waals surface area contributed by atoms with Gasteiger partial charge in [0.15, 0.2) is 11.7 Å². The summed E-state index contributed by atoms with van der Waals surface area (Å²) in [4.78, 5) is 22.3. The number of pyridine rings is 1. The van der Waals surface area contributed by atoms with Crippen LogP contribution in [-0.2, 0) is 11.4 Å². The number of carbonyl (C=O) groups is 1. The molecule has 0 bridgehead atoms. The van der Waals surface area contributed by atoms with E-state index >= 15 is 0 Å². The molecule has 0 saturated heterocycles. The third kappa shape index (κ3) is 5.49. The minimum absolute atomic E-state index is 0.0439. The zero-order chi connectivity index (χ0) is 27.8. The van der Waals surface area contributed by atoms with Crippen molar-refractivity contribution in [3.8, 4) is 16.2 Å². The summed E-state index contributed by atoms with van der Waals surface area (Å²) in [6.45, 7) is 0.0637. The van der Waals surface area contributed by atoms with Crippen molar-refractivity contribution >= 4 is 76.7 Å². The molecule has 0 aliphatic carbocycles. The van der Waals surface area contributed by atoms with Crippen LogP contribution in [-0.4, -0.2) is 31.8 Å². The molecule has 1 N–H and O–H groups in total. The van der Waals surface area contributed by atoms with E-state index in [4.69, 9.17) is 9.15 Å². The number of halogens is 1. The monoisotopic (exact) mass is 599 g/mol. The van der Waals surface area contributed by atoms with Crippen molar-refractivity contribution in [3.63, 3.8) is 0 Å². The molecule has 41 heavy (non-hydrogen) atoms. The molecular formula is C29H18FN5O3S3. The van der Waals surface area contributed by atoms with Gasteiger partial charge in [-0.2, -0.15) is 0 Å². The van der Waals surface area contributed by atoms with Gasteiger partial charge in [0, 0.05) is 21.2 Å². The third-order valence-corrected chi connectivity index (χ3v) is 9.05. The molecule has 0 fully saturated rings. The van der Waals surface area contributed by atoms with E-state index in [-0.39, 0.29) is 35.2 Å². The van der Waals surface area contributed by atoms with Crippen LogP contribution in [0.25, 0.3) is 41.6 Å². The number of benzene rings is 3. The molecule has 0 aliphatic heterocycles.